The molecule has 1 amide bonds. The first-order valence-electron chi connectivity index (χ1n) is 11.5. The Bertz CT molecular complexity index is 1090. The molecular weight excluding hydrogens is 412 g/mol. The number of hydrogen-bond donors (Lipinski definition) is 0. The molecule has 0 saturated carbocycles. The molecule has 1 aliphatic rings. The topological polar surface area (TPSA) is 42.0 Å². The normalized spacial score (nSPS) is 14.2. The monoisotopic (exact) mass is 444 g/mol. The summed E-state index contributed by atoms with van der Waals surface area (Å²) in [5, 5.41) is 0. The Balaban J connectivity index is 1.39. The maximum absolute atomic E-state index is 13.2. The first-order chi connectivity index (χ1) is 16.0. The number of carbonyl (C=O) groups is 1. The zero-order valence-electron chi connectivity index (χ0n) is 19.7. The van der Waals surface area contributed by atoms with Gasteiger partial charge in [0.05, 0.1) is 7.11 Å². The number of aryl methyl sites for hydroxylation is 2. The van der Waals surface area contributed by atoms with Gasteiger partial charge in [-0.25, -0.2) is 0 Å². The SMILES string of the molecule is COc1ccc(C(=O)N2CCN(Cc3ccccc3)CC2)cc1COc1ccc(C)c(C)c1. The van der Waals surface area contributed by atoms with Crippen molar-refractivity contribution in [3.05, 3.63) is 94.5 Å². The molecular formula is C28H32N2O3. The van der Waals surface area contributed by atoms with E-state index in [2.05, 4.69) is 49.1 Å². The Hall–Kier alpha value is -3.31. The Morgan fingerprint density at radius 3 is 2.33 bits per heavy atom. The van der Waals surface area contributed by atoms with Gasteiger partial charge in [-0.05, 0) is 60.9 Å². The van der Waals surface area contributed by atoms with E-state index >= 15 is 0 Å². The second-order valence-electron chi connectivity index (χ2n) is 8.62. The van der Waals surface area contributed by atoms with Crippen molar-refractivity contribution >= 4 is 5.91 Å². The van der Waals surface area contributed by atoms with Crippen molar-refractivity contribution in [1.29, 1.82) is 0 Å². The van der Waals surface area contributed by atoms with Gasteiger partial charge >= 0.3 is 0 Å². The van der Waals surface area contributed by atoms with Crippen LogP contribution in [0.5, 0.6) is 11.5 Å². The molecule has 0 aromatic heterocycles. The van der Waals surface area contributed by atoms with E-state index in [9.17, 15) is 4.79 Å². The molecule has 4 rings (SSSR count). The van der Waals surface area contributed by atoms with Crippen LogP contribution in [0.4, 0.5) is 0 Å². The Kier molecular flexibility index (Phi) is 7.30. The van der Waals surface area contributed by atoms with Crippen molar-refractivity contribution in [3.8, 4) is 11.5 Å². The van der Waals surface area contributed by atoms with Crippen molar-refractivity contribution in [2.45, 2.75) is 27.0 Å². The number of hydrogen-bond acceptors (Lipinski definition) is 4. The molecule has 3 aromatic rings. The molecule has 0 spiro atoms. The van der Waals surface area contributed by atoms with Gasteiger partial charge in [-0.3, -0.25) is 9.69 Å². The lowest BCUT2D eigenvalue weighted by Crippen LogP contribution is -2.48. The number of ether oxygens (including phenoxy) is 2. The number of piperazine rings is 1. The number of carbonyl (C=O) groups excluding carboxylic acids is 1. The van der Waals surface area contributed by atoms with Crippen molar-refractivity contribution in [2.75, 3.05) is 33.3 Å². The summed E-state index contributed by atoms with van der Waals surface area (Å²) in [5.41, 5.74) is 5.27. The average Bonchev–Trinajstić information content (AvgIpc) is 2.85. The summed E-state index contributed by atoms with van der Waals surface area (Å²) < 4.78 is 11.5. The number of amides is 1. The molecule has 33 heavy (non-hydrogen) atoms. The van der Waals surface area contributed by atoms with Gasteiger partial charge in [0.25, 0.3) is 5.91 Å². The molecule has 0 unspecified atom stereocenters. The van der Waals surface area contributed by atoms with Crippen LogP contribution in [0.25, 0.3) is 0 Å². The van der Waals surface area contributed by atoms with E-state index in [1.165, 1.54) is 16.7 Å². The van der Waals surface area contributed by atoms with Gasteiger partial charge in [0.2, 0.25) is 0 Å². The first-order valence-corrected chi connectivity index (χ1v) is 11.5. The van der Waals surface area contributed by atoms with Gasteiger partial charge in [-0.1, -0.05) is 36.4 Å². The Morgan fingerprint density at radius 1 is 0.879 bits per heavy atom. The standard InChI is InChI=1S/C28H32N2O3/c1-21-9-11-26(17-22(21)2)33-20-25-18-24(10-12-27(25)32-3)28(31)30-15-13-29(14-16-30)19-23-7-5-4-6-8-23/h4-12,17-18H,13-16,19-20H2,1-3H3. The fourth-order valence-electron chi connectivity index (χ4n) is 4.12. The second-order valence-corrected chi connectivity index (χ2v) is 8.62. The van der Waals surface area contributed by atoms with Gasteiger partial charge in [0.15, 0.2) is 0 Å². The average molecular weight is 445 g/mol. The third-order valence-electron chi connectivity index (χ3n) is 6.31. The number of methoxy groups -OCH3 is 1. The predicted molar refractivity (Wildman–Crippen MR) is 131 cm³/mol. The first kappa shape index (κ1) is 22.9. The molecule has 0 N–H and O–H groups in total. The van der Waals surface area contributed by atoms with E-state index in [0.29, 0.717) is 12.2 Å². The zero-order chi connectivity index (χ0) is 23.2. The van der Waals surface area contributed by atoms with Gasteiger partial charge in [-0.2, -0.15) is 0 Å². The van der Waals surface area contributed by atoms with E-state index in [1.807, 2.05) is 41.3 Å². The fraction of sp³-hybridized carbons (Fsp3) is 0.321. The minimum atomic E-state index is 0.0597. The summed E-state index contributed by atoms with van der Waals surface area (Å²) in [6.07, 6.45) is 0. The highest BCUT2D eigenvalue weighted by molar-refractivity contribution is 5.94. The van der Waals surface area contributed by atoms with Crippen molar-refractivity contribution < 1.29 is 14.3 Å². The second kappa shape index (κ2) is 10.5. The minimum absolute atomic E-state index is 0.0597. The van der Waals surface area contributed by atoms with Gasteiger partial charge in [0, 0.05) is 43.9 Å². The van der Waals surface area contributed by atoms with Crippen LogP contribution >= 0.6 is 0 Å². The van der Waals surface area contributed by atoms with Crippen LogP contribution in [0.1, 0.15) is 32.6 Å². The summed E-state index contributed by atoms with van der Waals surface area (Å²) in [4.78, 5) is 17.5. The van der Waals surface area contributed by atoms with Crippen LogP contribution in [0.3, 0.4) is 0 Å². The smallest absolute Gasteiger partial charge is 0.253 e. The van der Waals surface area contributed by atoms with E-state index in [1.54, 1.807) is 7.11 Å². The summed E-state index contributed by atoms with van der Waals surface area (Å²) in [5.74, 6) is 1.60. The zero-order valence-corrected chi connectivity index (χ0v) is 19.7. The van der Waals surface area contributed by atoms with Crippen LogP contribution in [0.15, 0.2) is 66.7 Å². The van der Waals surface area contributed by atoms with E-state index in [-0.39, 0.29) is 5.91 Å². The van der Waals surface area contributed by atoms with E-state index in [4.69, 9.17) is 9.47 Å². The summed E-state index contributed by atoms with van der Waals surface area (Å²) in [7, 11) is 1.64. The molecule has 172 valence electrons. The lowest BCUT2D eigenvalue weighted by Gasteiger charge is -2.35. The Morgan fingerprint density at radius 2 is 1.64 bits per heavy atom. The fourth-order valence-corrected chi connectivity index (χ4v) is 4.12. The predicted octanol–water partition coefficient (Wildman–Crippen LogP) is 4.85. The van der Waals surface area contributed by atoms with E-state index in [0.717, 1.165) is 49.8 Å². The lowest BCUT2D eigenvalue weighted by atomic mass is 10.1. The third-order valence-corrected chi connectivity index (χ3v) is 6.31. The highest BCUT2D eigenvalue weighted by Gasteiger charge is 2.23. The quantitative estimate of drug-likeness (QED) is 0.523. The van der Waals surface area contributed by atoms with Crippen LogP contribution in [-0.4, -0.2) is 49.0 Å². The van der Waals surface area contributed by atoms with Gasteiger partial charge in [0.1, 0.15) is 18.1 Å². The van der Waals surface area contributed by atoms with Crippen LogP contribution in [0.2, 0.25) is 0 Å². The molecule has 1 fully saturated rings. The highest BCUT2D eigenvalue weighted by atomic mass is 16.5. The maximum atomic E-state index is 13.2. The van der Waals surface area contributed by atoms with Crippen LogP contribution in [0, 0.1) is 13.8 Å². The van der Waals surface area contributed by atoms with E-state index < -0.39 is 0 Å². The Labute approximate surface area is 196 Å². The molecule has 1 aliphatic heterocycles. The van der Waals surface area contributed by atoms with Crippen molar-refractivity contribution in [2.24, 2.45) is 0 Å². The van der Waals surface area contributed by atoms with Crippen LogP contribution in [-0.2, 0) is 13.2 Å². The summed E-state index contributed by atoms with van der Waals surface area (Å²) in [6, 6.07) is 22.1. The van der Waals surface area contributed by atoms with Gasteiger partial charge < -0.3 is 14.4 Å². The maximum Gasteiger partial charge on any atom is 0.253 e. The number of nitrogens with zero attached hydrogens (tertiary/aromatic N) is 2. The number of benzene rings is 3. The highest BCUT2D eigenvalue weighted by Crippen LogP contribution is 2.24. The summed E-state index contributed by atoms with van der Waals surface area (Å²) in [6.45, 7) is 8.63. The molecule has 3 aromatic carbocycles. The molecule has 0 atom stereocenters. The van der Waals surface area contributed by atoms with Crippen molar-refractivity contribution in [1.82, 2.24) is 9.80 Å². The molecule has 0 aliphatic carbocycles. The summed E-state index contributed by atoms with van der Waals surface area (Å²) >= 11 is 0. The van der Waals surface area contributed by atoms with Crippen LogP contribution < -0.4 is 9.47 Å². The molecule has 5 nitrogen and oxygen atoms in total. The molecule has 0 radical (unpaired) electrons. The molecule has 5 heteroatoms. The third kappa shape index (κ3) is 5.74. The molecule has 1 heterocycles. The van der Waals surface area contributed by atoms with Crippen molar-refractivity contribution in [3.63, 3.8) is 0 Å². The lowest BCUT2D eigenvalue weighted by molar-refractivity contribution is 0.0628. The number of rotatable bonds is 7. The van der Waals surface area contributed by atoms with Gasteiger partial charge in [-0.15, -0.1) is 0 Å². The molecule has 0 bridgehead atoms. The minimum Gasteiger partial charge on any atom is -0.496 e. The largest absolute Gasteiger partial charge is 0.496 e. The molecule has 1 saturated heterocycles.